The zero-order chi connectivity index (χ0) is 14.1. The molecule has 1 spiro atoms. The summed E-state index contributed by atoms with van der Waals surface area (Å²) < 4.78 is 12.1. The van der Waals surface area contributed by atoms with Gasteiger partial charge in [-0.1, -0.05) is 26.7 Å². The van der Waals surface area contributed by atoms with E-state index in [2.05, 4.69) is 25.7 Å². The molecule has 0 bridgehead atoms. The molecular weight excluding hydrogens is 238 g/mol. The Morgan fingerprint density at radius 1 is 1.26 bits per heavy atom. The number of piperidine rings is 1. The van der Waals surface area contributed by atoms with Gasteiger partial charge in [0.25, 0.3) is 0 Å². The van der Waals surface area contributed by atoms with Crippen LogP contribution in [-0.4, -0.2) is 42.0 Å². The lowest BCUT2D eigenvalue weighted by molar-refractivity contribution is -0.175. The van der Waals surface area contributed by atoms with E-state index < -0.39 is 5.79 Å². The van der Waals surface area contributed by atoms with E-state index >= 15 is 0 Å². The number of ether oxygens (including phenoxy) is 2. The molecule has 2 heterocycles. The first kappa shape index (κ1) is 15.3. The second-order valence-corrected chi connectivity index (χ2v) is 6.97. The van der Waals surface area contributed by atoms with Gasteiger partial charge in [-0.3, -0.25) is 4.90 Å². The lowest BCUT2D eigenvalue weighted by Gasteiger charge is -2.44. The summed E-state index contributed by atoms with van der Waals surface area (Å²) in [5.74, 6) is 0.411. The molecule has 0 saturated carbocycles. The molecular formula is C16H31NO2. The van der Waals surface area contributed by atoms with Crippen LogP contribution < -0.4 is 0 Å². The van der Waals surface area contributed by atoms with Gasteiger partial charge in [0.1, 0.15) is 5.60 Å². The van der Waals surface area contributed by atoms with Gasteiger partial charge >= 0.3 is 0 Å². The van der Waals surface area contributed by atoms with Gasteiger partial charge in [0, 0.05) is 19.1 Å². The monoisotopic (exact) mass is 269 g/mol. The highest BCUT2D eigenvalue weighted by Crippen LogP contribution is 2.39. The van der Waals surface area contributed by atoms with Crippen LogP contribution in [0.15, 0.2) is 0 Å². The average Bonchev–Trinajstić information content (AvgIpc) is 2.66. The van der Waals surface area contributed by atoms with Crippen LogP contribution >= 0.6 is 0 Å². The fraction of sp³-hybridized carbons (Fsp3) is 1.00. The van der Waals surface area contributed by atoms with Crippen LogP contribution in [0.25, 0.3) is 0 Å². The van der Waals surface area contributed by atoms with Crippen LogP contribution in [0.5, 0.6) is 0 Å². The molecule has 2 fully saturated rings. The van der Waals surface area contributed by atoms with E-state index in [0.717, 1.165) is 25.5 Å². The van der Waals surface area contributed by atoms with E-state index in [1.165, 1.54) is 25.8 Å². The van der Waals surface area contributed by atoms with Crippen molar-refractivity contribution in [2.45, 2.75) is 77.7 Å². The molecule has 19 heavy (non-hydrogen) atoms. The molecule has 0 aliphatic carbocycles. The fourth-order valence-electron chi connectivity index (χ4n) is 3.47. The summed E-state index contributed by atoms with van der Waals surface area (Å²) in [6.45, 7) is 14.0. The van der Waals surface area contributed by atoms with Gasteiger partial charge in [0.2, 0.25) is 0 Å². The molecule has 2 rings (SSSR count). The molecule has 2 atom stereocenters. The predicted octanol–water partition coefficient (Wildman–Crippen LogP) is 3.43. The molecule has 0 radical (unpaired) electrons. The van der Waals surface area contributed by atoms with Crippen LogP contribution in [-0.2, 0) is 9.47 Å². The summed E-state index contributed by atoms with van der Waals surface area (Å²) in [7, 11) is 0. The Morgan fingerprint density at radius 3 is 2.47 bits per heavy atom. The van der Waals surface area contributed by atoms with Crippen molar-refractivity contribution < 1.29 is 9.47 Å². The van der Waals surface area contributed by atoms with Crippen LogP contribution in [0.3, 0.4) is 0 Å². The summed E-state index contributed by atoms with van der Waals surface area (Å²) in [4.78, 5) is 2.63. The number of nitrogens with zero attached hydrogens (tertiary/aromatic N) is 1. The van der Waals surface area contributed by atoms with Crippen molar-refractivity contribution in [3.8, 4) is 0 Å². The van der Waals surface area contributed by atoms with E-state index in [1.807, 2.05) is 13.8 Å². The summed E-state index contributed by atoms with van der Waals surface area (Å²) >= 11 is 0. The first-order valence-corrected chi connectivity index (χ1v) is 7.98. The van der Waals surface area contributed by atoms with Crippen molar-refractivity contribution in [1.29, 1.82) is 0 Å². The normalized spacial score (nSPS) is 35.4. The first-order valence-electron chi connectivity index (χ1n) is 7.98. The van der Waals surface area contributed by atoms with Crippen LogP contribution in [0.4, 0.5) is 0 Å². The Balaban J connectivity index is 2.00. The third-order valence-electron chi connectivity index (χ3n) is 4.92. The van der Waals surface area contributed by atoms with Crippen molar-refractivity contribution >= 4 is 0 Å². The zero-order valence-corrected chi connectivity index (χ0v) is 13.4. The van der Waals surface area contributed by atoms with Crippen molar-refractivity contribution in [2.75, 3.05) is 19.7 Å². The van der Waals surface area contributed by atoms with Crippen LogP contribution in [0, 0.1) is 5.92 Å². The summed E-state index contributed by atoms with van der Waals surface area (Å²) in [5, 5.41) is 0. The summed E-state index contributed by atoms with van der Waals surface area (Å²) in [6.07, 6.45) is 4.90. The minimum Gasteiger partial charge on any atom is -0.347 e. The Morgan fingerprint density at radius 2 is 1.95 bits per heavy atom. The minimum absolute atomic E-state index is 0.0535. The molecule has 2 saturated heterocycles. The average molecular weight is 269 g/mol. The van der Waals surface area contributed by atoms with Crippen molar-refractivity contribution in [3.63, 3.8) is 0 Å². The van der Waals surface area contributed by atoms with E-state index in [-0.39, 0.29) is 5.60 Å². The maximum Gasteiger partial charge on any atom is 0.163 e. The van der Waals surface area contributed by atoms with Gasteiger partial charge < -0.3 is 9.47 Å². The largest absolute Gasteiger partial charge is 0.347 e. The maximum absolute atomic E-state index is 6.24. The quantitative estimate of drug-likeness (QED) is 0.780. The first-order chi connectivity index (χ1) is 8.90. The van der Waals surface area contributed by atoms with Gasteiger partial charge in [-0.2, -0.15) is 0 Å². The Kier molecular flexibility index (Phi) is 4.59. The highest BCUT2D eigenvalue weighted by atomic mass is 16.8. The molecule has 112 valence electrons. The SMILES string of the molecule is CCC(CC)CN1CC2(CC[C@H]1C)COC(C)(C)O2. The van der Waals surface area contributed by atoms with Crippen molar-refractivity contribution in [1.82, 2.24) is 4.90 Å². The third-order valence-corrected chi connectivity index (χ3v) is 4.92. The fourth-order valence-corrected chi connectivity index (χ4v) is 3.47. The predicted molar refractivity (Wildman–Crippen MR) is 78.2 cm³/mol. The molecule has 0 aromatic heterocycles. The standard InChI is InChI=1S/C16H31NO2/c1-6-14(7-2)10-17-11-16(9-8-13(17)3)12-18-15(4,5)19-16/h13-14H,6-12H2,1-5H3/t13-,16?/m1/s1. The maximum atomic E-state index is 6.24. The minimum atomic E-state index is -0.402. The summed E-state index contributed by atoms with van der Waals surface area (Å²) in [5.41, 5.74) is -0.0535. The van der Waals surface area contributed by atoms with Gasteiger partial charge in [-0.05, 0) is 39.5 Å². The molecule has 1 unspecified atom stereocenters. The zero-order valence-electron chi connectivity index (χ0n) is 13.4. The Bertz CT molecular complexity index is 301. The van der Waals surface area contributed by atoms with E-state index in [0.29, 0.717) is 6.04 Å². The smallest absolute Gasteiger partial charge is 0.163 e. The van der Waals surface area contributed by atoms with Crippen molar-refractivity contribution in [2.24, 2.45) is 5.92 Å². The van der Waals surface area contributed by atoms with E-state index in [1.54, 1.807) is 0 Å². The molecule has 3 heteroatoms. The second kappa shape index (κ2) is 5.71. The topological polar surface area (TPSA) is 21.7 Å². The lowest BCUT2D eigenvalue weighted by Crippen LogP contribution is -2.54. The molecule has 0 N–H and O–H groups in total. The van der Waals surface area contributed by atoms with Gasteiger partial charge in [-0.25, -0.2) is 0 Å². The molecule has 2 aliphatic heterocycles. The van der Waals surface area contributed by atoms with Gasteiger partial charge in [0.15, 0.2) is 5.79 Å². The van der Waals surface area contributed by atoms with Gasteiger partial charge in [-0.15, -0.1) is 0 Å². The highest BCUT2D eigenvalue weighted by Gasteiger charge is 2.48. The number of likely N-dealkylation sites (tertiary alicyclic amines) is 1. The molecule has 0 aromatic rings. The molecule has 0 aromatic carbocycles. The second-order valence-electron chi connectivity index (χ2n) is 6.97. The summed E-state index contributed by atoms with van der Waals surface area (Å²) in [6, 6.07) is 0.679. The van der Waals surface area contributed by atoms with Crippen molar-refractivity contribution in [3.05, 3.63) is 0 Å². The van der Waals surface area contributed by atoms with E-state index in [9.17, 15) is 0 Å². The molecule has 0 amide bonds. The lowest BCUT2D eigenvalue weighted by atomic mass is 9.88. The van der Waals surface area contributed by atoms with Gasteiger partial charge in [0.05, 0.1) is 6.61 Å². The number of hydrogen-bond donors (Lipinski definition) is 0. The van der Waals surface area contributed by atoms with Crippen LogP contribution in [0.1, 0.15) is 60.3 Å². The third kappa shape index (κ3) is 3.50. The Hall–Kier alpha value is -0.120. The number of hydrogen-bond acceptors (Lipinski definition) is 3. The van der Waals surface area contributed by atoms with E-state index in [4.69, 9.17) is 9.47 Å². The molecule has 3 nitrogen and oxygen atoms in total. The molecule has 2 aliphatic rings. The Labute approximate surface area is 118 Å². The van der Waals surface area contributed by atoms with Crippen LogP contribution in [0.2, 0.25) is 0 Å². The highest BCUT2D eigenvalue weighted by molar-refractivity contribution is 4.96. The number of rotatable bonds is 4.